The van der Waals surface area contributed by atoms with Gasteiger partial charge in [0.05, 0.1) is 14.7 Å². The average Bonchev–Trinajstić information content (AvgIpc) is 2.82. The van der Waals surface area contributed by atoms with Crippen molar-refractivity contribution in [1.29, 1.82) is 0 Å². The van der Waals surface area contributed by atoms with Gasteiger partial charge < -0.3 is 0 Å². The zero-order chi connectivity index (χ0) is 25.0. The van der Waals surface area contributed by atoms with Gasteiger partial charge in [0.15, 0.2) is 21.4 Å². The van der Waals surface area contributed by atoms with Crippen LogP contribution in [0.1, 0.15) is 32.7 Å². The number of nitro groups is 2. The van der Waals surface area contributed by atoms with Crippen molar-refractivity contribution in [2.24, 2.45) is 0 Å². The molecule has 0 N–H and O–H groups in total. The molecule has 0 bridgehead atoms. The number of benzene rings is 3. The number of rotatable bonds is 9. The van der Waals surface area contributed by atoms with E-state index in [0.717, 1.165) is 35.9 Å². The van der Waals surface area contributed by atoms with Crippen molar-refractivity contribution in [1.82, 2.24) is 0 Å². The molecule has 0 fully saturated rings. The van der Waals surface area contributed by atoms with Crippen LogP contribution in [0, 0.1) is 27.2 Å². The molecule has 3 aromatic carbocycles. The summed E-state index contributed by atoms with van der Waals surface area (Å²) >= 11 is 0. The molecule has 10 nitrogen and oxygen atoms in total. The number of carbonyl (C=O) groups excluding carboxylic acids is 2. The number of hydrogen-bond donors (Lipinski definition) is 0. The van der Waals surface area contributed by atoms with Crippen LogP contribution in [0.15, 0.2) is 77.7 Å². The van der Waals surface area contributed by atoms with Crippen LogP contribution >= 0.6 is 0 Å². The fourth-order valence-corrected chi connectivity index (χ4v) is 4.88. The van der Waals surface area contributed by atoms with Gasteiger partial charge in [0.25, 0.3) is 11.4 Å². The van der Waals surface area contributed by atoms with Crippen molar-refractivity contribution in [2.45, 2.75) is 23.5 Å². The number of non-ortho nitro benzene ring substituents is 2. The fourth-order valence-electron chi connectivity index (χ4n) is 3.25. The summed E-state index contributed by atoms with van der Waals surface area (Å²) in [5.41, 5.74) is -0.106. The van der Waals surface area contributed by atoms with Gasteiger partial charge in [0.2, 0.25) is 0 Å². The monoisotopic (exact) mass is 482 g/mol. The summed E-state index contributed by atoms with van der Waals surface area (Å²) in [7, 11) is -4.36. The number of aryl methyl sites for hydroxylation is 1. The van der Waals surface area contributed by atoms with Crippen molar-refractivity contribution in [3.05, 3.63) is 110 Å². The predicted octanol–water partition coefficient (Wildman–Crippen LogP) is 4.11. The summed E-state index contributed by atoms with van der Waals surface area (Å²) < 4.78 is 26.8. The molecule has 11 heteroatoms. The van der Waals surface area contributed by atoms with E-state index in [0.29, 0.717) is 0 Å². The van der Waals surface area contributed by atoms with Gasteiger partial charge in [0, 0.05) is 41.8 Å². The van der Waals surface area contributed by atoms with Crippen molar-refractivity contribution < 1.29 is 27.9 Å². The van der Waals surface area contributed by atoms with Crippen LogP contribution < -0.4 is 0 Å². The molecule has 174 valence electrons. The highest BCUT2D eigenvalue weighted by molar-refractivity contribution is 7.92. The van der Waals surface area contributed by atoms with Crippen LogP contribution in [-0.4, -0.2) is 35.1 Å². The van der Waals surface area contributed by atoms with E-state index in [1.807, 2.05) is 0 Å². The van der Waals surface area contributed by atoms with Crippen LogP contribution in [0.25, 0.3) is 0 Å². The van der Waals surface area contributed by atoms with E-state index in [1.54, 1.807) is 19.1 Å². The molecule has 3 aromatic rings. The van der Waals surface area contributed by atoms with E-state index >= 15 is 0 Å². The van der Waals surface area contributed by atoms with Crippen LogP contribution in [-0.2, 0) is 9.84 Å². The zero-order valence-electron chi connectivity index (χ0n) is 17.8. The van der Waals surface area contributed by atoms with Gasteiger partial charge in [-0.2, -0.15) is 0 Å². The molecule has 0 spiro atoms. The Bertz CT molecular complexity index is 1380. The Labute approximate surface area is 194 Å². The second-order valence-electron chi connectivity index (χ2n) is 7.45. The molecule has 0 radical (unpaired) electrons. The van der Waals surface area contributed by atoms with Gasteiger partial charge in [-0.25, -0.2) is 8.42 Å². The molecular formula is C23H18N2O8S. The molecule has 0 saturated carbocycles. The second kappa shape index (κ2) is 9.71. The highest BCUT2D eigenvalue weighted by Gasteiger charge is 2.37. The molecule has 1 atom stereocenters. The SMILES string of the molecule is Cc1ccc(S(=O)(=O)[C@H](CC(=O)c2cccc([N+](=O)[O-])c2)C(=O)c2ccc([N+](=O)[O-])cc2)cc1. The Morgan fingerprint density at radius 2 is 1.41 bits per heavy atom. The molecule has 0 saturated heterocycles. The van der Waals surface area contributed by atoms with E-state index in [9.17, 15) is 38.2 Å². The molecule has 0 heterocycles. The van der Waals surface area contributed by atoms with Gasteiger partial charge in [0.1, 0.15) is 5.25 Å². The third-order valence-electron chi connectivity index (χ3n) is 5.13. The quantitative estimate of drug-likeness (QED) is 0.251. The Balaban J connectivity index is 2.04. The van der Waals surface area contributed by atoms with Crippen LogP contribution in [0.4, 0.5) is 11.4 Å². The van der Waals surface area contributed by atoms with Crippen molar-refractivity contribution in [3.63, 3.8) is 0 Å². The molecule has 3 rings (SSSR count). The van der Waals surface area contributed by atoms with Gasteiger partial charge in [-0.3, -0.25) is 29.8 Å². The summed E-state index contributed by atoms with van der Waals surface area (Å²) in [5.74, 6) is -1.70. The van der Waals surface area contributed by atoms with Crippen LogP contribution in [0.2, 0.25) is 0 Å². The number of Topliss-reactive ketones (excluding diaryl/α,β-unsaturated/α-hetero) is 2. The van der Waals surface area contributed by atoms with Crippen molar-refractivity contribution in [3.8, 4) is 0 Å². The lowest BCUT2D eigenvalue weighted by molar-refractivity contribution is -0.385. The third-order valence-corrected chi connectivity index (χ3v) is 7.19. The van der Waals surface area contributed by atoms with Gasteiger partial charge in [-0.05, 0) is 31.2 Å². The summed E-state index contributed by atoms with van der Waals surface area (Å²) in [4.78, 5) is 46.6. The maximum Gasteiger partial charge on any atom is 0.270 e. The Morgan fingerprint density at radius 1 is 0.824 bits per heavy atom. The smallest absolute Gasteiger partial charge is 0.270 e. The number of nitro benzene ring substituents is 2. The first-order valence-corrected chi connectivity index (χ1v) is 11.4. The number of sulfone groups is 1. The zero-order valence-corrected chi connectivity index (χ0v) is 18.6. The molecule has 0 aliphatic heterocycles. The van der Waals surface area contributed by atoms with E-state index in [1.165, 1.54) is 30.3 Å². The topological polar surface area (TPSA) is 155 Å². The third kappa shape index (κ3) is 5.21. The largest absolute Gasteiger partial charge is 0.294 e. The van der Waals surface area contributed by atoms with E-state index < -0.39 is 42.9 Å². The minimum absolute atomic E-state index is 0.116. The molecule has 0 aliphatic rings. The minimum Gasteiger partial charge on any atom is -0.294 e. The lowest BCUT2D eigenvalue weighted by Crippen LogP contribution is -2.33. The van der Waals surface area contributed by atoms with E-state index in [-0.39, 0.29) is 27.4 Å². The first-order valence-electron chi connectivity index (χ1n) is 9.87. The summed E-state index contributed by atoms with van der Waals surface area (Å²) in [5, 5.41) is 20.1. The Kier molecular flexibility index (Phi) is 6.97. The van der Waals surface area contributed by atoms with Gasteiger partial charge in [-0.15, -0.1) is 0 Å². The van der Waals surface area contributed by atoms with Crippen LogP contribution in [0.5, 0.6) is 0 Å². The number of ketones is 2. The first-order chi connectivity index (χ1) is 16.0. The molecule has 0 unspecified atom stereocenters. The molecule has 0 aromatic heterocycles. The predicted molar refractivity (Wildman–Crippen MR) is 122 cm³/mol. The number of nitrogens with zero attached hydrogens (tertiary/aromatic N) is 2. The maximum atomic E-state index is 13.4. The Morgan fingerprint density at radius 3 is 1.97 bits per heavy atom. The average molecular weight is 482 g/mol. The van der Waals surface area contributed by atoms with Crippen molar-refractivity contribution >= 4 is 32.8 Å². The van der Waals surface area contributed by atoms with Crippen molar-refractivity contribution in [2.75, 3.05) is 0 Å². The van der Waals surface area contributed by atoms with Crippen LogP contribution in [0.3, 0.4) is 0 Å². The highest BCUT2D eigenvalue weighted by Crippen LogP contribution is 2.26. The van der Waals surface area contributed by atoms with Gasteiger partial charge in [-0.1, -0.05) is 29.8 Å². The minimum atomic E-state index is -4.36. The summed E-state index contributed by atoms with van der Waals surface area (Å²) in [6.45, 7) is 1.75. The summed E-state index contributed by atoms with van der Waals surface area (Å²) in [6, 6.07) is 14.9. The fraction of sp³-hybridized carbons (Fsp3) is 0.130. The van der Waals surface area contributed by atoms with E-state index in [4.69, 9.17) is 0 Å². The van der Waals surface area contributed by atoms with Gasteiger partial charge >= 0.3 is 0 Å². The summed E-state index contributed by atoms with van der Waals surface area (Å²) in [6.07, 6.45) is -0.771. The second-order valence-corrected chi connectivity index (χ2v) is 9.58. The van der Waals surface area contributed by atoms with E-state index in [2.05, 4.69) is 0 Å². The highest BCUT2D eigenvalue weighted by atomic mass is 32.2. The maximum absolute atomic E-state index is 13.4. The molecule has 34 heavy (non-hydrogen) atoms. The number of hydrogen-bond acceptors (Lipinski definition) is 8. The molecule has 0 amide bonds. The first kappa shape index (κ1) is 24.4. The lowest BCUT2D eigenvalue weighted by Gasteiger charge is -2.17. The standard InChI is InChI=1S/C23H18N2O8S/c1-15-5-11-20(12-6-15)34(32,33)22(23(27)16-7-9-18(10-8-16)24(28)29)14-21(26)17-3-2-4-19(13-17)25(30)31/h2-13,22H,14H2,1H3/t22-/m1/s1. The lowest BCUT2D eigenvalue weighted by atomic mass is 10.0. The number of carbonyl (C=O) groups is 2. The molecule has 0 aliphatic carbocycles. The molecular weight excluding hydrogens is 464 g/mol. The Hall–Kier alpha value is -4.25. The normalized spacial score (nSPS) is 12.0.